The lowest BCUT2D eigenvalue weighted by Crippen LogP contribution is -2.25. The fourth-order valence-electron chi connectivity index (χ4n) is 11.3. The lowest BCUT2D eigenvalue weighted by Gasteiger charge is -2.33. The molecule has 0 saturated heterocycles. The van der Waals surface area contributed by atoms with Crippen molar-refractivity contribution in [3.05, 3.63) is 241 Å². The van der Waals surface area contributed by atoms with Crippen LogP contribution in [0.2, 0.25) is 0 Å². The van der Waals surface area contributed by atoms with E-state index in [0.717, 1.165) is 5.69 Å². The zero-order valence-electron chi connectivity index (χ0n) is 34.1. The molecule has 10 aromatic carbocycles. The molecule has 3 aliphatic rings. The van der Waals surface area contributed by atoms with Crippen LogP contribution in [0, 0.1) is 0 Å². The Hall–Kier alpha value is -7.72. The van der Waals surface area contributed by atoms with Crippen LogP contribution < -0.4 is 4.90 Å². The quantitative estimate of drug-likeness (QED) is 0.165. The lowest BCUT2D eigenvalue weighted by molar-refractivity contribution is 0.794. The second-order valence-electron chi connectivity index (χ2n) is 17.0. The summed E-state index contributed by atoms with van der Waals surface area (Å²) in [5, 5.41) is 7.61. The summed E-state index contributed by atoms with van der Waals surface area (Å²) < 4.78 is 0. The minimum Gasteiger partial charge on any atom is -0.308 e. The van der Waals surface area contributed by atoms with Crippen LogP contribution in [0.5, 0.6) is 0 Å². The Labute approximate surface area is 369 Å². The summed E-state index contributed by atoms with van der Waals surface area (Å²) in [7, 11) is 0. The lowest BCUT2D eigenvalue weighted by atomic mass is 9.70. The highest BCUT2D eigenvalue weighted by molar-refractivity contribution is 7.99. The predicted molar refractivity (Wildman–Crippen MR) is 263 cm³/mol. The molecule has 0 saturated carbocycles. The Morgan fingerprint density at radius 3 is 1.44 bits per heavy atom. The number of benzene rings is 10. The first-order chi connectivity index (χ1) is 31.2. The van der Waals surface area contributed by atoms with E-state index in [2.05, 4.69) is 216 Å². The number of aromatic nitrogens is 1. The smallest absolute Gasteiger partial charge is 0.0725 e. The van der Waals surface area contributed by atoms with Crippen molar-refractivity contribution in [1.29, 1.82) is 0 Å². The van der Waals surface area contributed by atoms with Crippen molar-refractivity contribution in [2.75, 3.05) is 4.90 Å². The highest BCUT2D eigenvalue weighted by Crippen LogP contribution is 2.63. The number of fused-ring (bicyclic) bond motifs is 18. The minimum atomic E-state index is -0.336. The van der Waals surface area contributed by atoms with Crippen LogP contribution in [-0.2, 0) is 5.41 Å². The number of hydrogen-bond acceptors (Lipinski definition) is 3. The first-order valence-electron chi connectivity index (χ1n) is 21.7. The van der Waals surface area contributed by atoms with E-state index in [4.69, 9.17) is 0 Å². The Bertz CT molecular complexity index is 3670. The standard InChI is InChI=1S/C60H36N2S/c1-2-12-43-42(11-1)49-33-37(39-23-27-55-51(35-39)48-15-5-8-18-54(48)60(55)52-16-6-3-13-46(52)47-14-4-7-17-53(47)60)21-25-44(49)45-26-22-38(34-50(43)45)40-24-28-59-57(36-40)62(41-29-31-61-32-30-41)56-19-9-10-20-58(56)63-59/h1-36H. The molecule has 0 fully saturated rings. The van der Waals surface area contributed by atoms with Crippen molar-refractivity contribution in [2.24, 2.45) is 0 Å². The molecule has 2 aliphatic carbocycles. The van der Waals surface area contributed by atoms with E-state index in [1.807, 2.05) is 24.2 Å². The van der Waals surface area contributed by atoms with E-state index in [-0.39, 0.29) is 5.41 Å². The molecule has 2 nitrogen and oxygen atoms in total. The molecule has 14 rings (SSSR count). The van der Waals surface area contributed by atoms with Gasteiger partial charge in [0, 0.05) is 27.9 Å². The number of anilines is 3. The molecule has 2 heterocycles. The van der Waals surface area contributed by atoms with Gasteiger partial charge in [-0.25, -0.2) is 0 Å². The first-order valence-corrected chi connectivity index (χ1v) is 22.5. The van der Waals surface area contributed by atoms with Crippen LogP contribution in [0.4, 0.5) is 17.1 Å². The normalized spacial score (nSPS) is 13.7. The second-order valence-corrected chi connectivity index (χ2v) is 18.1. The number of para-hydroxylation sites is 1. The van der Waals surface area contributed by atoms with Gasteiger partial charge in [0.2, 0.25) is 0 Å². The van der Waals surface area contributed by atoms with E-state index in [1.54, 1.807) is 0 Å². The largest absolute Gasteiger partial charge is 0.308 e. The Kier molecular flexibility index (Phi) is 7.29. The molecule has 3 heteroatoms. The van der Waals surface area contributed by atoms with E-state index in [1.165, 1.54) is 120 Å². The maximum absolute atomic E-state index is 4.33. The van der Waals surface area contributed by atoms with E-state index in [0.29, 0.717) is 0 Å². The van der Waals surface area contributed by atoms with Crippen molar-refractivity contribution in [3.63, 3.8) is 0 Å². The number of rotatable bonds is 3. The van der Waals surface area contributed by atoms with Gasteiger partial charge in [-0.3, -0.25) is 4.98 Å². The molecular weight excluding hydrogens is 781 g/mol. The number of hydrogen-bond donors (Lipinski definition) is 0. The fourth-order valence-corrected chi connectivity index (χ4v) is 12.3. The van der Waals surface area contributed by atoms with Gasteiger partial charge in [-0.1, -0.05) is 163 Å². The Morgan fingerprint density at radius 1 is 0.333 bits per heavy atom. The Balaban J connectivity index is 0.904. The molecule has 63 heavy (non-hydrogen) atoms. The van der Waals surface area contributed by atoms with Crippen molar-refractivity contribution in [1.82, 2.24) is 4.98 Å². The Morgan fingerprint density at radius 2 is 0.794 bits per heavy atom. The summed E-state index contributed by atoms with van der Waals surface area (Å²) in [4.78, 5) is 9.19. The second kappa shape index (κ2) is 13.1. The fraction of sp³-hybridized carbons (Fsp3) is 0.0167. The predicted octanol–water partition coefficient (Wildman–Crippen LogP) is 16.2. The van der Waals surface area contributed by atoms with Crippen LogP contribution in [-0.4, -0.2) is 4.98 Å². The zero-order valence-corrected chi connectivity index (χ0v) is 34.9. The van der Waals surface area contributed by atoms with E-state index >= 15 is 0 Å². The van der Waals surface area contributed by atoms with Gasteiger partial charge in [0.05, 0.1) is 16.8 Å². The summed E-state index contributed by atoms with van der Waals surface area (Å²) >= 11 is 1.84. The van der Waals surface area contributed by atoms with Crippen LogP contribution in [0.15, 0.2) is 228 Å². The van der Waals surface area contributed by atoms with Gasteiger partial charge in [0.1, 0.15) is 0 Å². The average Bonchev–Trinajstić information content (AvgIpc) is 3.82. The van der Waals surface area contributed by atoms with Crippen molar-refractivity contribution in [3.8, 4) is 44.5 Å². The van der Waals surface area contributed by atoms with Crippen molar-refractivity contribution < 1.29 is 0 Å². The third-order valence-corrected chi connectivity index (χ3v) is 15.1. The molecule has 0 atom stereocenters. The van der Waals surface area contributed by atoms with E-state index < -0.39 is 0 Å². The summed E-state index contributed by atoms with van der Waals surface area (Å²) in [6.45, 7) is 0. The van der Waals surface area contributed by atoms with Crippen LogP contribution in [0.25, 0.3) is 76.8 Å². The molecule has 0 amide bonds. The molecule has 0 N–H and O–H groups in total. The highest BCUT2D eigenvalue weighted by Gasteiger charge is 2.51. The maximum atomic E-state index is 4.33. The summed E-state index contributed by atoms with van der Waals surface area (Å²) in [5.41, 5.74) is 18.8. The van der Waals surface area contributed by atoms with Gasteiger partial charge < -0.3 is 4.90 Å². The molecule has 1 aromatic heterocycles. The zero-order chi connectivity index (χ0) is 41.2. The topological polar surface area (TPSA) is 16.1 Å². The molecule has 0 bridgehead atoms. The van der Waals surface area contributed by atoms with Crippen molar-refractivity contribution in [2.45, 2.75) is 15.2 Å². The molecule has 11 aromatic rings. The molecular formula is C60H36N2S. The van der Waals surface area contributed by atoms with Gasteiger partial charge in [0.15, 0.2) is 0 Å². The van der Waals surface area contributed by atoms with Gasteiger partial charge in [0.25, 0.3) is 0 Å². The molecule has 1 aliphatic heterocycles. The van der Waals surface area contributed by atoms with Crippen LogP contribution >= 0.6 is 11.8 Å². The monoisotopic (exact) mass is 816 g/mol. The number of nitrogens with zero attached hydrogens (tertiary/aromatic N) is 2. The molecule has 292 valence electrons. The van der Waals surface area contributed by atoms with Crippen LogP contribution in [0.1, 0.15) is 22.3 Å². The molecule has 0 radical (unpaired) electrons. The minimum absolute atomic E-state index is 0.336. The SMILES string of the molecule is c1ccc2c(c1)Sc1ccc(-c3ccc4c5ccc(-c6ccc7c(c6)-c6ccccc6C76c7ccccc7-c7ccccc76)cc5c5ccccc5c4c3)cc1N2c1ccncc1. The van der Waals surface area contributed by atoms with Crippen molar-refractivity contribution >= 4 is 61.1 Å². The summed E-state index contributed by atoms with van der Waals surface area (Å²) in [6.07, 6.45) is 3.75. The van der Waals surface area contributed by atoms with E-state index in [9.17, 15) is 0 Å². The summed E-state index contributed by atoms with van der Waals surface area (Å²) in [6, 6.07) is 77.2. The van der Waals surface area contributed by atoms with Gasteiger partial charge in [-0.05, 0) is 154 Å². The molecule has 0 unspecified atom stereocenters. The third-order valence-electron chi connectivity index (χ3n) is 13.9. The third kappa shape index (κ3) is 4.83. The average molecular weight is 817 g/mol. The first kappa shape index (κ1) is 34.9. The highest BCUT2D eigenvalue weighted by atomic mass is 32.2. The van der Waals surface area contributed by atoms with Crippen LogP contribution in [0.3, 0.4) is 0 Å². The van der Waals surface area contributed by atoms with Gasteiger partial charge >= 0.3 is 0 Å². The molecule has 1 spiro atoms. The maximum Gasteiger partial charge on any atom is 0.0725 e. The van der Waals surface area contributed by atoms with Gasteiger partial charge in [-0.2, -0.15) is 0 Å². The number of pyridine rings is 1. The van der Waals surface area contributed by atoms with Gasteiger partial charge in [-0.15, -0.1) is 0 Å². The summed E-state index contributed by atoms with van der Waals surface area (Å²) in [5.74, 6) is 0.